The molecule has 9 rings (SSSR count). The van der Waals surface area contributed by atoms with Gasteiger partial charge in [0, 0.05) is 52.7 Å². The quantitative estimate of drug-likeness (QED) is 0.0733. The van der Waals surface area contributed by atoms with Crippen LogP contribution in [0.25, 0.3) is 43.4 Å². The molecule has 0 aliphatic carbocycles. The van der Waals surface area contributed by atoms with E-state index < -0.39 is 66.2 Å². The highest BCUT2D eigenvalue weighted by Gasteiger charge is 2.33. The number of hydrogen-bond acceptors (Lipinski definition) is 22. The Hall–Kier alpha value is -7.15. The summed E-state index contributed by atoms with van der Waals surface area (Å²) in [5.41, 5.74) is 2.82. The highest BCUT2D eigenvalue weighted by atomic mass is 32.1. The summed E-state index contributed by atoms with van der Waals surface area (Å²) in [4.78, 5) is 116. The van der Waals surface area contributed by atoms with Crippen molar-refractivity contribution in [3.63, 3.8) is 0 Å². The lowest BCUT2D eigenvalue weighted by Gasteiger charge is -2.23. The van der Waals surface area contributed by atoms with Crippen LogP contribution in [0, 0.1) is 12.8 Å². The Morgan fingerprint density at radius 2 is 1.44 bits per heavy atom. The van der Waals surface area contributed by atoms with Crippen molar-refractivity contribution in [1.82, 2.24) is 66.8 Å². The molecular formula is C50H49N13O9S6. The summed E-state index contributed by atoms with van der Waals surface area (Å²) in [7, 11) is 2.94. The lowest BCUT2D eigenvalue weighted by atomic mass is 10.0. The molecule has 78 heavy (non-hydrogen) atoms. The van der Waals surface area contributed by atoms with E-state index in [1.165, 1.54) is 70.8 Å². The highest BCUT2D eigenvalue weighted by Crippen LogP contribution is 2.40. The molecule has 0 saturated carbocycles. The van der Waals surface area contributed by atoms with Crippen molar-refractivity contribution in [1.29, 1.82) is 0 Å². The summed E-state index contributed by atoms with van der Waals surface area (Å²) in [6, 6.07) is 9.46. The fraction of sp³-hybridized carbons (Fsp3) is 0.300. The molecule has 0 saturated heterocycles. The molecule has 6 amide bonds. The zero-order valence-corrected chi connectivity index (χ0v) is 47.0. The minimum Gasteiger partial charge on any atom is -0.395 e. The second-order valence-electron chi connectivity index (χ2n) is 17.7. The molecule has 1 aliphatic heterocycles. The highest BCUT2D eigenvalue weighted by molar-refractivity contribution is 7.15. The number of aryl methyl sites for hydroxylation is 1. The summed E-state index contributed by atoms with van der Waals surface area (Å²) in [5, 5.41) is 46.8. The SMILES string of the molecule is CNC(=O)CC1NC(=O)c2csc(n2)-c2ccc(-c3nc(C(=O)NCCO)cs3)nc2-c2csc(n2)-c2csc(n2)C(C(O)c2ccccc2)NC(=O)CNC(=O)c2nc(sc2COC)C(C(C)C)NC(=O)c2nc1sc2C. The molecule has 4 unspecified atom stereocenters. The van der Waals surface area contributed by atoms with E-state index in [9.17, 15) is 39.0 Å². The van der Waals surface area contributed by atoms with E-state index in [1.54, 1.807) is 70.9 Å². The molecular weight excluding hydrogens is 1120 g/mol. The number of amides is 6. The Morgan fingerprint density at radius 1 is 0.718 bits per heavy atom. The van der Waals surface area contributed by atoms with Crippen molar-refractivity contribution in [2.75, 3.05) is 33.9 Å². The number of aliphatic hydroxyl groups is 2. The summed E-state index contributed by atoms with van der Waals surface area (Å²) in [6.07, 6.45) is -1.49. The number of rotatable bonds is 11. The Bertz CT molecular complexity index is 3510. The van der Waals surface area contributed by atoms with Crippen molar-refractivity contribution in [3.05, 3.63) is 117 Å². The number of fused-ring (bicyclic) bond motifs is 14. The van der Waals surface area contributed by atoms with Gasteiger partial charge in [0.05, 0.1) is 48.8 Å². The number of nitrogens with one attached hydrogen (secondary N) is 6. The van der Waals surface area contributed by atoms with E-state index in [0.29, 0.717) is 73.7 Å². The van der Waals surface area contributed by atoms with Gasteiger partial charge >= 0.3 is 0 Å². The minimum absolute atomic E-state index is 0.000352. The maximum absolute atomic E-state index is 14.2. The van der Waals surface area contributed by atoms with E-state index in [-0.39, 0.29) is 54.9 Å². The van der Waals surface area contributed by atoms with Crippen molar-refractivity contribution in [3.8, 4) is 43.4 Å². The number of carbonyl (C=O) groups is 6. The molecule has 7 aromatic heterocycles. The van der Waals surface area contributed by atoms with Crippen LogP contribution in [-0.2, 0) is 20.9 Å². The van der Waals surface area contributed by atoms with Gasteiger partial charge < -0.3 is 46.9 Å². The summed E-state index contributed by atoms with van der Waals surface area (Å²) >= 11 is 7.12. The largest absolute Gasteiger partial charge is 0.395 e. The predicted molar refractivity (Wildman–Crippen MR) is 296 cm³/mol. The molecule has 404 valence electrons. The molecule has 0 spiro atoms. The van der Waals surface area contributed by atoms with Gasteiger partial charge in [-0.15, -0.1) is 68.0 Å². The Kier molecular flexibility index (Phi) is 17.6. The van der Waals surface area contributed by atoms with Gasteiger partial charge in [0.15, 0.2) is 0 Å². The summed E-state index contributed by atoms with van der Waals surface area (Å²) < 4.78 is 5.44. The van der Waals surface area contributed by atoms with E-state index in [0.717, 1.165) is 11.3 Å². The van der Waals surface area contributed by atoms with Crippen LogP contribution in [0.2, 0.25) is 0 Å². The zero-order valence-electron chi connectivity index (χ0n) is 42.1. The molecule has 0 radical (unpaired) electrons. The van der Waals surface area contributed by atoms with Crippen molar-refractivity contribution in [2.45, 2.75) is 58.0 Å². The number of nitrogens with zero attached hydrogens (tertiary/aromatic N) is 7. The first-order valence-electron chi connectivity index (χ1n) is 23.9. The van der Waals surface area contributed by atoms with Crippen molar-refractivity contribution < 1.29 is 43.7 Å². The normalized spacial score (nSPS) is 16.6. The van der Waals surface area contributed by atoms with Gasteiger partial charge in [-0.25, -0.2) is 34.9 Å². The number of aromatic nitrogens is 7. The average molecular weight is 1170 g/mol. The zero-order chi connectivity index (χ0) is 55.2. The maximum atomic E-state index is 14.2. The van der Waals surface area contributed by atoms with Crippen LogP contribution in [0.3, 0.4) is 0 Å². The average Bonchev–Trinajstić information content (AvgIpc) is 4.36. The van der Waals surface area contributed by atoms with Crippen LogP contribution in [0.4, 0.5) is 0 Å². The third-order valence-electron chi connectivity index (χ3n) is 11.9. The topological polar surface area (TPSA) is 315 Å². The van der Waals surface area contributed by atoms with Crippen LogP contribution in [-0.4, -0.2) is 114 Å². The number of aliphatic hydroxyl groups excluding tert-OH is 2. The van der Waals surface area contributed by atoms with Gasteiger partial charge in [-0.1, -0.05) is 44.2 Å². The standard InChI is InChI=1S/C50H49N13O9S6/c1-22(2)35-50-63-38(32(78-50)17-72-5)43(70)53-16-34(66)60-39(40(67)24-9-7-6-8-10-24)49-59-31(21-76-49)47-56-28(18-74-47)37-25(11-12-26(54-37)46-58-29(19-75-46)41(68)52-13-14-64)45-57-30(20-73-45)42(69)55-27(15-33(65)51-4)48-62-36(23(3)77-48)44(71)61-35/h6-12,18-22,27,35,39-40,64,67H,13-17H2,1-5H3,(H,51,65)(H,52,68)(H,53,70)(H,55,69)(H,60,66)(H,61,71). The van der Waals surface area contributed by atoms with E-state index in [4.69, 9.17) is 24.7 Å². The van der Waals surface area contributed by atoms with Gasteiger partial charge in [-0.3, -0.25) is 28.8 Å². The number of hydrogen-bond donors (Lipinski definition) is 8. The number of thiazole rings is 6. The van der Waals surface area contributed by atoms with Crippen LogP contribution in [0.5, 0.6) is 0 Å². The second-order valence-corrected chi connectivity index (χ2v) is 23.5. The van der Waals surface area contributed by atoms with Crippen LogP contribution >= 0.6 is 68.0 Å². The first-order chi connectivity index (χ1) is 37.6. The van der Waals surface area contributed by atoms with Gasteiger partial charge in [-0.05, 0) is 30.5 Å². The van der Waals surface area contributed by atoms with Gasteiger partial charge in [-0.2, -0.15) is 0 Å². The Labute approximate surface area is 469 Å². The minimum atomic E-state index is -1.27. The van der Waals surface area contributed by atoms with Gasteiger partial charge in [0.1, 0.15) is 82.0 Å². The molecule has 8 N–H and O–H groups in total. The molecule has 8 aromatic rings. The van der Waals surface area contributed by atoms with Gasteiger partial charge in [0.2, 0.25) is 11.8 Å². The molecule has 8 heterocycles. The number of methoxy groups -OCH3 is 1. The first-order valence-corrected chi connectivity index (χ1v) is 29.1. The molecule has 1 aromatic carbocycles. The molecule has 10 bridgehead atoms. The van der Waals surface area contributed by atoms with E-state index in [2.05, 4.69) is 46.9 Å². The van der Waals surface area contributed by atoms with E-state index in [1.807, 2.05) is 13.8 Å². The van der Waals surface area contributed by atoms with Gasteiger partial charge in [0.25, 0.3) is 23.6 Å². The number of ether oxygens (including phenoxy) is 1. The molecule has 22 nitrogen and oxygen atoms in total. The van der Waals surface area contributed by atoms with Crippen LogP contribution in [0.1, 0.15) is 117 Å². The third kappa shape index (κ3) is 12.4. The van der Waals surface area contributed by atoms with Crippen LogP contribution in [0.15, 0.2) is 64.0 Å². The summed E-state index contributed by atoms with van der Waals surface area (Å²) in [5.74, 6) is -3.58. The first kappa shape index (κ1) is 55.6. The number of carbonyl (C=O) groups excluding carboxylic acids is 6. The second kappa shape index (κ2) is 24.7. The fourth-order valence-electron chi connectivity index (χ4n) is 7.95. The lowest BCUT2D eigenvalue weighted by molar-refractivity contribution is -0.122. The lowest BCUT2D eigenvalue weighted by Crippen LogP contribution is -2.40. The van der Waals surface area contributed by atoms with E-state index >= 15 is 0 Å². The maximum Gasteiger partial charge on any atom is 0.271 e. The molecule has 1 aliphatic rings. The third-order valence-corrected chi connectivity index (χ3v) is 17.6. The van der Waals surface area contributed by atoms with Crippen molar-refractivity contribution in [2.24, 2.45) is 5.92 Å². The summed E-state index contributed by atoms with van der Waals surface area (Å²) in [6.45, 7) is 4.78. The number of pyridine rings is 1. The van der Waals surface area contributed by atoms with Crippen LogP contribution < -0.4 is 31.9 Å². The molecule has 28 heteroatoms. The number of benzene rings is 1. The Balaban J connectivity index is 1.13. The monoisotopic (exact) mass is 1170 g/mol. The molecule has 4 atom stereocenters. The van der Waals surface area contributed by atoms with Crippen molar-refractivity contribution >= 4 is 103 Å². The predicted octanol–water partition coefficient (Wildman–Crippen LogP) is 6.03. The smallest absolute Gasteiger partial charge is 0.271 e. The fourth-order valence-corrected chi connectivity index (χ4v) is 13.5. The molecule has 0 fully saturated rings. The Morgan fingerprint density at radius 3 is 2.19 bits per heavy atom.